The zero-order valence-electron chi connectivity index (χ0n) is 14.8. The fraction of sp³-hybridized carbons (Fsp3) is 0.500. The Morgan fingerprint density at radius 1 is 1.24 bits per heavy atom. The van der Waals surface area contributed by atoms with Gasteiger partial charge in [0, 0.05) is 26.9 Å². The molecule has 1 aromatic carbocycles. The van der Waals surface area contributed by atoms with Gasteiger partial charge in [0.05, 0.1) is 17.1 Å². The van der Waals surface area contributed by atoms with Gasteiger partial charge in [-0.1, -0.05) is 0 Å². The van der Waals surface area contributed by atoms with Crippen molar-refractivity contribution in [3.8, 4) is 5.75 Å². The summed E-state index contributed by atoms with van der Waals surface area (Å²) in [4.78, 5) is 24.3. The smallest absolute Gasteiger partial charge is 0.240 e. The second-order valence-electron chi connectivity index (χ2n) is 6.48. The van der Waals surface area contributed by atoms with Crippen LogP contribution in [-0.2, 0) is 19.6 Å². The average Bonchev–Trinajstić information content (AvgIpc) is 2.49. The van der Waals surface area contributed by atoms with Crippen molar-refractivity contribution >= 4 is 27.5 Å². The highest BCUT2D eigenvalue weighted by molar-refractivity contribution is 7.89. The number of nitrogens with one attached hydrogen (secondary N) is 2. The molecule has 0 aliphatic carbocycles. The first-order chi connectivity index (χ1) is 11.5. The molecular formula is C16H23N3O5S. The highest BCUT2D eigenvalue weighted by Gasteiger charge is 2.34. The number of benzene rings is 1. The summed E-state index contributed by atoms with van der Waals surface area (Å²) >= 11 is 0. The summed E-state index contributed by atoms with van der Waals surface area (Å²) < 4.78 is 33.0. The molecule has 1 aliphatic rings. The van der Waals surface area contributed by atoms with E-state index in [4.69, 9.17) is 4.74 Å². The average molecular weight is 369 g/mol. The van der Waals surface area contributed by atoms with E-state index in [1.807, 2.05) is 13.8 Å². The van der Waals surface area contributed by atoms with Gasteiger partial charge in [-0.05, 0) is 32.0 Å². The van der Waals surface area contributed by atoms with Crippen LogP contribution in [0.5, 0.6) is 5.75 Å². The van der Waals surface area contributed by atoms with E-state index in [0.29, 0.717) is 18.0 Å². The van der Waals surface area contributed by atoms with Crippen molar-refractivity contribution in [1.29, 1.82) is 0 Å². The number of carbonyl (C=O) groups is 2. The van der Waals surface area contributed by atoms with E-state index in [1.165, 1.54) is 30.9 Å². The maximum Gasteiger partial charge on any atom is 0.240 e. The Bertz CT molecular complexity index is 789. The highest BCUT2D eigenvalue weighted by atomic mass is 32.2. The monoisotopic (exact) mass is 369 g/mol. The number of sulfonamides is 1. The number of rotatable bonds is 5. The molecule has 2 rings (SSSR count). The quantitative estimate of drug-likeness (QED) is 0.741. The maximum atomic E-state index is 12.4. The number of hydrogen-bond donors (Lipinski definition) is 2. The molecule has 0 bridgehead atoms. The van der Waals surface area contributed by atoms with Crippen molar-refractivity contribution in [2.75, 3.05) is 24.5 Å². The van der Waals surface area contributed by atoms with E-state index in [-0.39, 0.29) is 29.8 Å². The summed E-state index contributed by atoms with van der Waals surface area (Å²) in [5, 5.41) is 2.51. The SMILES string of the molecule is CC(=O)NCCNS(=O)(=O)c1ccc2c(c1)N(C(C)=O)CC(C)(C)O2. The van der Waals surface area contributed by atoms with E-state index >= 15 is 0 Å². The third-order valence-electron chi connectivity index (χ3n) is 3.63. The van der Waals surface area contributed by atoms with Gasteiger partial charge in [-0.3, -0.25) is 9.59 Å². The molecule has 1 aliphatic heterocycles. The van der Waals surface area contributed by atoms with Crippen LogP contribution >= 0.6 is 0 Å². The van der Waals surface area contributed by atoms with Crippen LogP contribution in [0.2, 0.25) is 0 Å². The van der Waals surface area contributed by atoms with E-state index in [1.54, 1.807) is 6.07 Å². The molecule has 138 valence electrons. The number of fused-ring (bicyclic) bond motifs is 1. The molecular weight excluding hydrogens is 346 g/mol. The first kappa shape index (κ1) is 19.2. The van der Waals surface area contributed by atoms with Crippen molar-refractivity contribution in [2.24, 2.45) is 0 Å². The van der Waals surface area contributed by atoms with Crippen LogP contribution < -0.4 is 19.7 Å². The van der Waals surface area contributed by atoms with Crippen molar-refractivity contribution in [3.63, 3.8) is 0 Å². The predicted octanol–water partition coefficient (Wildman–Crippen LogP) is 0.625. The van der Waals surface area contributed by atoms with Crippen molar-refractivity contribution < 1.29 is 22.7 Å². The van der Waals surface area contributed by atoms with Gasteiger partial charge in [-0.15, -0.1) is 0 Å². The zero-order chi connectivity index (χ0) is 18.8. The lowest BCUT2D eigenvalue weighted by atomic mass is 10.1. The Labute approximate surface area is 147 Å². The number of hydrogen-bond acceptors (Lipinski definition) is 5. The van der Waals surface area contributed by atoms with Gasteiger partial charge in [0.25, 0.3) is 0 Å². The van der Waals surface area contributed by atoms with Crippen LogP contribution in [0.1, 0.15) is 27.7 Å². The van der Waals surface area contributed by atoms with Crippen LogP contribution in [0.4, 0.5) is 5.69 Å². The molecule has 8 nitrogen and oxygen atoms in total. The van der Waals surface area contributed by atoms with Gasteiger partial charge < -0.3 is 15.0 Å². The first-order valence-corrected chi connectivity index (χ1v) is 9.35. The second kappa shape index (κ2) is 7.01. The molecule has 0 saturated carbocycles. The molecule has 0 spiro atoms. The zero-order valence-corrected chi connectivity index (χ0v) is 15.6. The molecule has 0 atom stereocenters. The number of carbonyl (C=O) groups excluding carboxylic acids is 2. The number of nitrogens with zero attached hydrogens (tertiary/aromatic N) is 1. The first-order valence-electron chi connectivity index (χ1n) is 7.87. The molecule has 0 radical (unpaired) electrons. The van der Waals surface area contributed by atoms with Crippen LogP contribution in [-0.4, -0.2) is 45.5 Å². The predicted molar refractivity (Wildman–Crippen MR) is 93.0 cm³/mol. The van der Waals surface area contributed by atoms with E-state index < -0.39 is 15.6 Å². The molecule has 25 heavy (non-hydrogen) atoms. The summed E-state index contributed by atoms with van der Waals surface area (Å²) in [6, 6.07) is 4.40. The molecule has 1 heterocycles. The standard InChI is InChI=1S/C16H23N3O5S/c1-11(20)17-7-8-18-25(22,23)13-5-6-15-14(9-13)19(12(2)21)10-16(3,4)24-15/h5-6,9,18H,7-8,10H2,1-4H3,(H,17,20). The fourth-order valence-electron chi connectivity index (χ4n) is 2.55. The van der Waals surface area contributed by atoms with Crippen LogP contribution in [0.3, 0.4) is 0 Å². The van der Waals surface area contributed by atoms with Crippen molar-refractivity contribution in [3.05, 3.63) is 18.2 Å². The molecule has 9 heteroatoms. The van der Waals surface area contributed by atoms with E-state index in [2.05, 4.69) is 10.0 Å². The van der Waals surface area contributed by atoms with E-state index in [9.17, 15) is 18.0 Å². The molecule has 0 aromatic heterocycles. The van der Waals surface area contributed by atoms with Crippen molar-refractivity contribution in [1.82, 2.24) is 10.0 Å². The molecule has 2 N–H and O–H groups in total. The van der Waals surface area contributed by atoms with Crippen LogP contribution in [0, 0.1) is 0 Å². The van der Waals surface area contributed by atoms with E-state index in [0.717, 1.165) is 0 Å². The lowest BCUT2D eigenvalue weighted by Gasteiger charge is -2.39. The van der Waals surface area contributed by atoms with Gasteiger partial charge in [-0.25, -0.2) is 13.1 Å². The van der Waals surface area contributed by atoms with Gasteiger partial charge in [0.15, 0.2) is 0 Å². The van der Waals surface area contributed by atoms with Gasteiger partial charge in [0.2, 0.25) is 21.8 Å². The summed E-state index contributed by atoms with van der Waals surface area (Å²) in [7, 11) is -3.76. The Morgan fingerprint density at radius 2 is 1.92 bits per heavy atom. The Hall–Kier alpha value is -2.13. The third kappa shape index (κ3) is 4.70. The molecule has 1 aromatic rings. The Morgan fingerprint density at radius 3 is 2.52 bits per heavy atom. The molecule has 0 fully saturated rings. The Kier molecular flexibility index (Phi) is 5.38. The largest absolute Gasteiger partial charge is 0.484 e. The minimum Gasteiger partial charge on any atom is -0.484 e. The van der Waals surface area contributed by atoms with Gasteiger partial charge in [-0.2, -0.15) is 0 Å². The summed E-state index contributed by atoms with van der Waals surface area (Å²) in [6.07, 6.45) is 0. The minimum absolute atomic E-state index is 0.0311. The topological polar surface area (TPSA) is 105 Å². The second-order valence-corrected chi connectivity index (χ2v) is 8.24. The lowest BCUT2D eigenvalue weighted by Crippen LogP contribution is -2.48. The summed E-state index contributed by atoms with van der Waals surface area (Å²) in [5.74, 6) is 0.0410. The normalized spacial score (nSPS) is 15.9. The molecule has 0 unspecified atom stereocenters. The summed E-state index contributed by atoms with van der Waals surface area (Å²) in [5.41, 5.74) is -0.132. The molecule has 2 amide bonds. The lowest BCUT2D eigenvalue weighted by molar-refractivity contribution is -0.119. The fourth-order valence-corrected chi connectivity index (χ4v) is 3.60. The van der Waals surface area contributed by atoms with Crippen molar-refractivity contribution in [2.45, 2.75) is 38.2 Å². The maximum absolute atomic E-state index is 12.4. The van der Waals surface area contributed by atoms with Gasteiger partial charge in [0.1, 0.15) is 11.4 Å². The number of amides is 2. The summed E-state index contributed by atoms with van der Waals surface area (Å²) in [6.45, 7) is 7.10. The van der Waals surface area contributed by atoms with Gasteiger partial charge >= 0.3 is 0 Å². The number of anilines is 1. The Balaban J connectivity index is 2.26. The van der Waals surface area contributed by atoms with Crippen LogP contribution in [0.25, 0.3) is 0 Å². The number of ether oxygens (including phenoxy) is 1. The van der Waals surface area contributed by atoms with Crippen LogP contribution in [0.15, 0.2) is 23.1 Å². The third-order valence-corrected chi connectivity index (χ3v) is 5.09. The minimum atomic E-state index is -3.76. The molecule has 0 saturated heterocycles. The highest BCUT2D eigenvalue weighted by Crippen LogP contribution is 2.38.